The van der Waals surface area contributed by atoms with Crippen LogP contribution in [-0.2, 0) is 19.6 Å². The number of anilines is 1. The van der Waals surface area contributed by atoms with Gasteiger partial charge in [-0.25, -0.2) is 17.8 Å². The van der Waals surface area contributed by atoms with E-state index in [9.17, 15) is 22.8 Å². The van der Waals surface area contributed by atoms with Crippen LogP contribution in [0.2, 0.25) is 0 Å². The molecule has 0 spiro atoms. The predicted octanol–water partition coefficient (Wildman–Crippen LogP) is 2.44. The number of sulfonamides is 1. The number of fused-ring (bicyclic) bond motifs is 1. The first kappa shape index (κ1) is 23.0. The van der Waals surface area contributed by atoms with Crippen molar-refractivity contribution >= 4 is 32.6 Å². The summed E-state index contributed by atoms with van der Waals surface area (Å²) < 4.78 is 33.9. The molecule has 0 radical (unpaired) electrons. The molecule has 0 aliphatic carbocycles. The third kappa shape index (κ3) is 4.35. The van der Waals surface area contributed by atoms with Crippen LogP contribution in [0, 0.1) is 0 Å². The summed E-state index contributed by atoms with van der Waals surface area (Å²) in [4.78, 5) is 40.3. The molecular formula is C24H21N3O6S. The predicted molar refractivity (Wildman–Crippen MR) is 128 cm³/mol. The van der Waals surface area contributed by atoms with Crippen LogP contribution >= 0.6 is 0 Å². The van der Waals surface area contributed by atoms with Gasteiger partial charge >= 0.3 is 11.7 Å². The van der Waals surface area contributed by atoms with E-state index in [1.54, 1.807) is 61.5 Å². The molecule has 0 bridgehead atoms. The molecule has 4 aromatic rings. The minimum absolute atomic E-state index is 0.0715. The van der Waals surface area contributed by atoms with Crippen molar-refractivity contribution < 1.29 is 17.9 Å². The minimum atomic E-state index is -4.26. The normalized spacial score (nSPS) is 11.3. The van der Waals surface area contributed by atoms with E-state index in [0.29, 0.717) is 5.52 Å². The molecular weight excluding hydrogens is 458 g/mol. The second-order valence-corrected chi connectivity index (χ2v) is 9.13. The van der Waals surface area contributed by atoms with E-state index in [4.69, 9.17) is 4.74 Å². The number of benzene rings is 3. The standard InChI is InChI=1S/C24H21N3O6S/c1-2-33-22(28)16-26(17-9-4-3-5-10-17)34(31,32)19-12-8-11-18(15-19)27-23(29)20-13-6-7-14-21(20)25-24(27)30/h3-15H,2,16H2,1H3,(H,25,30). The number of aromatic nitrogens is 2. The smallest absolute Gasteiger partial charge is 0.333 e. The number of nitrogens with zero attached hydrogens (tertiary/aromatic N) is 2. The number of carbonyl (C=O) groups is 1. The molecule has 0 fully saturated rings. The fourth-order valence-electron chi connectivity index (χ4n) is 3.54. The van der Waals surface area contributed by atoms with Gasteiger partial charge in [0.1, 0.15) is 6.54 Å². The Morgan fingerprint density at radius 2 is 1.68 bits per heavy atom. The Morgan fingerprint density at radius 1 is 0.971 bits per heavy atom. The number of hydrogen-bond donors (Lipinski definition) is 1. The van der Waals surface area contributed by atoms with Gasteiger partial charge in [-0.05, 0) is 49.4 Å². The number of esters is 1. The summed E-state index contributed by atoms with van der Waals surface area (Å²) in [5, 5.41) is 0.281. The fraction of sp³-hybridized carbons (Fsp3) is 0.125. The van der Waals surface area contributed by atoms with Crippen molar-refractivity contribution in [3.05, 3.63) is 99.7 Å². The lowest BCUT2D eigenvalue weighted by Gasteiger charge is -2.23. The third-order valence-corrected chi connectivity index (χ3v) is 6.86. The van der Waals surface area contributed by atoms with Gasteiger partial charge in [0.15, 0.2) is 0 Å². The van der Waals surface area contributed by atoms with Crippen LogP contribution in [0.3, 0.4) is 0 Å². The maximum atomic E-state index is 13.6. The molecule has 9 nitrogen and oxygen atoms in total. The van der Waals surface area contributed by atoms with Crippen LogP contribution in [-0.4, -0.2) is 37.1 Å². The number of nitrogens with one attached hydrogen (secondary N) is 1. The van der Waals surface area contributed by atoms with Gasteiger partial charge in [-0.15, -0.1) is 0 Å². The van der Waals surface area contributed by atoms with Gasteiger partial charge in [-0.1, -0.05) is 36.4 Å². The highest BCUT2D eigenvalue weighted by atomic mass is 32.2. The summed E-state index contributed by atoms with van der Waals surface area (Å²) in [6, 6.07) is 20.1. The number of aromatic amines is 1. The molecule has 3 aromatic carbocycles. The van der Waals surface area contributed by atoms with Crippen molar-refractivity contribution in [2.24, 2.45) is 0 Å². The number of H-pyrrole nitrogens is 1. The zero-order chi connectivity index (χ0) is 24.3. The zero-order valence-electron chi connectivity index (χ0n) is 18.2. The lowest BCUT2D eigenvalue weighted by atomic mass is 10.2. The largest absolute Gasteiger partial charge is 0.465 e. The first-order valence-corrected chi connectivity index (χ1v) is 11.8. The first-order valence-electron chi connectivity index (χ1n) is 10.4. The monoisotopic (exact) mass is 479 g/mol. The summed E-state index contributed by atoms with van der Waals surface area (Å²) in [5.41, 5.74) is -0.573. The molecule has 0 aliphatic rings. The van der Waals surface area contributed by atoms with E-state index >= 15 is 0 Å². The summed E-state index contributed by atoms with van der Waals surface area (Å²) in [6.07, 6.45) is 0. The van der Waals surface area contributed by atoms with E-state index in [2.05, 4.69) is 4.98 Å². The topological polar surface area (TPSA) is 119 Å². The quantitative estimate of drug-likeness (QED) is 0.407. The van der Waals surface area contributed by atoms with Crippen molar-refractivity contribution in [3.8, 4) is 5.69 Å². The molecule has 0 amide bonds. The Hall–Kier alpha value is -4.18. The van der Waals surface area contributed by atoms with Gasteiger partial charge in [-0.3, -0.25) is 13.9 Å². The molecule has 174 valence electrons. The summed E-state index contributed by atoms with van der Waals surface area (Å²) in [5.74, 6) is -0.715. The number of para-hydroxylation sites is 2. The summed E-state index contributed by atoms with van der Waals surface area (Å²) in [7, 11) is -4.26. The van der Waals surface area contributed by atoms with Crippen LogP contribution < -0.4 is 15.6 Å². The van der Waals surface area contributed by atoms with Crippen molar-refractivity contribution in [1.82, 2.24) is 9.55 Å². The second kappa shape index (κ2) is 9.36. The van der Waals surface area contributed by atoms with E-state index in [0.717, 1.165) is 8.87 Å². The van der Waals surface area contributed by atoms with Gasteiger partial charge in [-0.2, -0.15) is 0 Å². The fourth-order valence-corrected chi connectivity index (χ4v) is 4.99. The lowest BCUT2D eigenvalue weighted by molar-refractivity contribution is -0.141. The van der Waals surface area contributed by atoms with Crippen molar-refractivity contribution in [2.75, 3.05) is 17.5 Å². The van der Waals surface area contributed by atoms with Gasteiger partial charge in [0, 0.05) is 0 Å². The lowest BCUT2D eigenvalue weighted by Crippen LogP contribution is -2.37. The van der Waals surface area contributed by atoms with Gasteiger partial charge < -0.3 is 9.72 Å². The molecule has 1 N–H and O–H groups in total. The Bertz CT molecular complexity index is 1580. The van der Waals surface area contributed by atoms with Crippen LogP contribution in [0.4, 0.5) is 5.69 Å². The molecule has 0 aliphatic heterocycles. The van der Waals surface area contributed by atoms with Gasteiger partial charge in [0.05, 0.1) is 33.8 Å². The Labute approximate surface area is 194 Å². The number of hydrogen-bond acceptors (Lipinski definition) is 6. The van der Waals surface area contributed by atoms with Crippen molar-refractivity contribution in [3.63, 3.8) is 0 Å². The molecule has 10 heteroatoms. The van der Waals surface area contributed by atoms with Crippen molar-refractivity contribution in [1.29, 1.82) is 0 Å². The molecule has 0 saturated heterocycles. The Balaban J connectivity index is 1.84. The molecule has 0 saturated carbocycles. The number of ether oxygens (including phenoxy) is 1. The SMILES string of the molecule is CCOC(=O)CN(c1ccccc1)S(=O)(=O)c1cccc(-n2c(=O)[nH]c3ccccc3c2=O)c1. The van der Waals surface area contributed by atoms with Crippen molar-refractivity contribution in [2.45, 2.75) is 11.8 Å². The van der Waals surface area contributed by atoms with Crippen LogP contribution in [0.15, 0.2) is 93.3 Å². The molecule has 0 unspecified atom stereocenters. The van der Waals surface area contributed by atoms with E-state index in [1.165, 1.54) is 24.3 Å². The van der Waals surface area contributed by atoms with Gasteiger partial charge in [0.25, 0.3) is 15.6 Å². The van der Waals surface area contributed by atoms with Crippen LogP contribution in [0.1, 0.15) is 6.92 Å². The molecule has 1 heterocycles. The first-order chi connectivity index (χ1) is 16.3. The number of rotatable bonds is 7. The highest BCUT2D eigenvalue weighted by molar-refractivity contribution is 7.92. The number of carbonyl (C=O) groups excluding carboxylic acids is 1. The van der Waals surface area contributed by atoms with E-state index < -0.39 is 33.8 Å². The third-order valence-electron chi connectivity index (χ3n) is 5.09. The van der Waals surface area contributed by atoms with E-state index in [-0.39, 0.29) is 28.3 Å². The highest BCUT2D eigenvalue weighted by Gasteiger charge is 2.28. The average molecular weight is 480 g/mol. The molecule has 34 heavy (non-hydrogen) atoms. The Kier molecular flexibility index (Phi) is 6.33. The highest BCUT2D eigenvalue weighted by Crippen LogP contribution is 2.24. The second-order valence-electron chi connectivity index (χ2n) is 7.27. The molecule has 0 atom stereocenters. The summed E-state index contributed by atoms with van der Waals surface area (Å²) in [6.45, 7) is 1.19. The van der Waals surface area contributed by atoms with Gasteiger partial charge in [0.2, 0.25) is 0 Å². The zero-order valence-corrected chi connectivity index (χ0v) is 19.0. The van der Waals surface area contributed by atoms with Crippen LogP contribution in [0.5, 0.6) is 0 Å². The minimum Gasteiger partial charge on any atom is -0.465 e. The van der Waals surface area contributed by atoms with E-state index in [1.807, 2.05) is 0 Å². The maximum absolute atomic E-state index is 13.6. The molecule has 4 rings (SSSR count). The summed E-state index contributed by atoms with van der Waals surface area (Å²) >= 11 is 0. The maximum Gasteiger partial charge on any atom is 0.333 e. The molecule has 1 aromatic heterocycles. The average Bonchev–Trinajstić information content (AvgIpc) is 2.83. The van der Waals surface area contributed by atoms with Crippen LogP contribution in [0.25, 0.3) is 16.6 Å². The Morgan fingerprint density at radius 3 is 2.41 bits per heavy atom.